The van der Waals surface area contributed by atoms with Crippen LogP contribution in [0.5, 0.6) is 0 Å². The van der Waals surface area contributed by atoms with Gasteiger partial charge in [-0.25, -0.2) is 0 Å². The largest absolute Gasteiger partial charge is 0.469 e. The number of hydrogen-bond acceptors (Lipinski definition) is 5. The Morgan fingerprint density at radius 2 is 2.26 bits per heavy atom. The summed E-state index contributed by atoms with van der Waals surface area (Å²) >= 11 is 1.74. The van der Waals surface area contributed by atoms with Gasteiger partial charge < -0.3 is 10.1 Å². The molecule has 0 radical (unpaired) electrons. The van der Waals surface area contributed by atoms with Gasteiger partial charge in [-0.3, -0.25) is 14.5 Å². The topological polar surface area (TPSA) is 58.6 Å². The van der Waals surface area contributed by atoms with Crippen molar-refractivity contribution >= 4 is 23.6 Å². The van der Waals surface area contributed by atoms with E-state index in [9.17, 15) is 9.59 Å². The van der Waals surface area contributed by atoms with E-state index in [0.29, 0.717) is 19.6 Å². The second kappa shape index (κ2) is 8.93. The number of nitrogens with zero attached hydrogens (tertiary/aromatic N) is 1. The number of methoxy groups -OCH3 is 1. The van der Waals surface area contributed by atoms with Crippen molar-refractivity contribution in [1.29, 1.82) is 0 Å². The van der Waals surface area contributed by atoms with Gasteiger partial charge in [0.05, 0.1) is 19.6 Å². The van der Waals surface area contributed by atoms with E-state index < -0.39 is 0 Å². The second-order valence-corrected chi connectivity index (χ2v) is 6.95. The Hall–Kier alpha value is -1.53. The van der Waals surface area contributed by atoms with E-state index >= 15 is 0 Å². The van der Waals surface area contributed by atoms with Gasteiger partial charge in [0.2, 0.25) is 5.91 Å². The van der Waals surface area contributed by atoms with Crippen molar-refractivity contribution in [3.63, 3.8) is 0 Å². The van der Waals surface area contributed by atoms with Crippen molar-refractivity contribution in [3.8, 4) is 0 Å². The third-order valence-electron chi connectivity index (χ3n) is 3.82. The molecule has 0 saturated carbocycles. The normalized spacial score (nSPS) is 19.0. The summed E-state index contributed by atoms with van der Waals surface area (Å²) in [4.78, 5) is 25.9. The van der Waals surface area contributed by atoms with Crippen LogP contribution < -0.4 is 5.32 Å². The standard InChI is InChI=1S/C17H24N2O3S/c1-13-4-3-5-14(8-13)9-18-16(20)11-19-6-7-23-12-15(10-19)17(21)22-2/h3-5,8,15H,6-7,9-12H2,1-2H3,(H,18,20)/t15-/m1/s1. The molecule has 1 saturated heterocycles. The van der Waals surface area contributed by atoms with Gasteiger partial charge in [0.25, 0.3) is 0 Å². The van der Waals surface area contributed by atoms with Crippen molar-refractivity contribution in [2.45, 2.75) is 13.5 Å². The maximum absolute atomic E-state index is 12.2. The summed E-state index contributed by atoms with van der Waals surface area (Å²) in [6, 6.07) is 8.09. The van der Waals surface area contributed by atoms with Crippen LogP contribution in [0.3, 0.4) is 0 Å². The molecule has 1 aromatic carbocycles. The maximum atomic E-state index is 12.2. The lowest BCUT2D eigenvalue weighted by molar-refractivity contribution is -0.145. The Morgan fingerprint density at radius 1 is 1.43 bits per heavy atom. The number of aryl methyl sites for hydroxylation is 1. The minimum Gasteiger partial charge on any atom is -0.469 e. The van der Waals surface area contributed by atoms with Crippen LogP contribution in [0, 0.1) is 12.8 Å². The van der Waals surface area contributed by atoms with Gasteiger partial charge in [-0.1, -0.05) is 29.8 Å². The number of carbonyl (C=O) groups excluding carboxylic acids is 2. The van der Waals surface area contributed by atoms with Gasteiger partial charge >= 0.3 is 5.97 Å². The number of thioether (sulfide) groups is 1. The highest BCUT2D eigenvalue weighted by Gasteiger charge is 2.26. The molecule has 6 heteroatoms. The lowest BCUT2D eigenvalue weighted by atomic mass is 10.1. The van der Waals surface area contributed by atoms with E-state index in [1.165, 1.54) is 12.7 Å². The average molecular weight is 336 g/mol. The Kier molecular flexibility index (Phi) is 6.92. The smallest absolute Gasteiger partial charge is 0.310 e. The highest BCUT2D eigenvalue weighted by molar-refractivity contribution is 7.99. The van der Waals surface area contributed by atoms with Crippen molar-refractivity contribution in [3.05, 3.63) is 35.4 Å². The van der Waals surface area contributed by atoms with Crippen LogP contribution >= 0.6 is 11.8 Å². The second-order valence-electron chi connectivity index (χ2n) is 5.80. The number of carbonyl (C=O) groups is 2. The number of nitrogens with one attached hydrogen (secondary N) is 1. The highest BCUT2D eigenvalue weighted by atomic mass is 32.2. The van der Waals surface area contributed by atoms with Crippen LogP contribution in [0.2, 0.25) is 0 Å². The molecular formula is C17H24N2O3S. The number of rotatable bonds is 5. The van der Waals surface area contributed by atoms with Gasteiger partial charge in [0, 0.05) is 31.1 Å². The Labute approximate surface area is 141 Å². The molecular weight excluding hydrogens is 312 g/mol. The lowest BCUT2D eigenvalue weighted by Crippen LogP contribution is -2.41. The van der Waals surface area contributed by atoms with Crippen molar-refractivity contribution in [1.82, 2.24) is 10.2 Å². The molecule has 126 valence electrons. The number of hydrogen-bond donors (Lipinski definition) is 1. The third-order valence-corrected chi connectivity index (χ3v) is 4.93. The first-order chi connectivity index (χ1) is 11.1. The van der Waals surface area contributed by atoms with Crippen molar-refractivity contribution in [2.24, 2.45) is 5.92 Å². The van der Waals surface area contributed by atoms with E-state index in [1.807, 2.05) is 30.0 Å². The van der Waals surface area contributed by atoms with Crippen molar-refractivity contribution < 1.29 is 14.3 Å². The number of esters is 1. The van der Waals surface area contributed by atoms with Crippen LogP contribution in [-0.2, 0) is 20.9 Å². The molecule has 0 aliphatic carbocycles. The monoisotopic (exact) mass is 336 g/mol. The first kappa shape index (κ1) is 17.8. The van der Waals surface area contributed by atoms with Crippen LogP contribution in [0.4, 0.5) is 0 Å². The molecule has 1 aliphatic rings. The molecule has 2 rings (SSSR count). The first-order valence-electron chi connectivity index (χ1n) is 7.78. The summed E-state index contributed by atoms with van der Waals surface area (Å²) in [5.74, 6) is 1.33. The van der Waals surface area contributed by atoms with Gasteiger partial charge in [0.15, 0.2) is 0 Å². The molecule has 1 N–H and O–H groups in total. The zero-order valence-corrected chi connectivity index (χ0v) is 14.5. The van der Waals surface area contributed by atoms with E-state index in [2.05, 4.69) is 11.4 Å². The SMILES string of the molecule is COC(=O)[C@H]1CSCCN(CC(=O)NCc2cccc(C)c2)C1. The Balaban J connectivity index is 1.82. The number of ether oxygens (including phenoxy) is 1. The molecule has 1 heterocycles. The molecule has 0 aromatic heterocycles. The molecule has 1 aliphatic heterocycles. The lowest BCUT2D eigenvalue weighted by Gasteiger charge is -2.22. The first-order valence-corrected chi connectivity index (χ1v) is 8.94. The summed E-state index contributed by atoms with van der Waals surface area (Å²) in [6.07, 6.45) is 0. The third kappa shape index (κ3) is 5.88. The van der Waals surface area contributed by atoms with Crippen LogP contribution in [0.15, 0.2) is 24.3 Å². The van der Waals surface area contributed by atoms with Gasteiger partial charge in [-0.15, -0.1) is 0 Å². The minimum atomic E-state index is -0.190. The fourth-order valence-corrected chi connectivity index (χ4v) is 3.69. The van der Waals surface area contributed by atoms with Gasteiger partial charge in [-0.05, 0) is 12.5 Å². The molecule has 0 unspecified atom stereocenters. The predicted octanol–water partition coefficient (Wildman–Crippen LogP) is 1.45. The highest BCUT2D eigenvalue weighted by Crippen LogP contribution is 2.16. The Bertz CT molecular complexity index is 550. The average Bonchev–Trinajstić information content (AvgIpc) is 2.78. The zero-order valence-electron chi connectivity index (χ0n) is 13.7. The number of benzene rings is 1. The van der Waals surface area contributed by atoms with E-state index in [4.69, 9.17) is 4.74 Å². The summed E-state index contributed by atoms with van der Waals surface area (Å²) in [7, 11) is 1.41. The molecule has 1 fully saturated rings. The quantitative estimate of drug-likeness (QED) is 0.825. The van der Waals surface area contributed by atoms with Crippen molar-refractivity contribution in [2.75, 3.05) is 38.2 Å². The van der Waals surface area contributed by atoms with E-state index in [0.717, 1.165) is 23.6 Å². The van der Waals surface area contributed by atoms with Gasteiger partial charge in [-0.2, -0.15) is 11.8 Å². The van der Waals surface area contributed by atoms with E-state index in [1.54, 1.807) is 11.8 Å². The van der Waals surface area contributed by atoms with Gasteiger partial charge in [0.1, 0.15) is 0 Å². The summed E-state index contributed by atoms with van der Waals surface area (Å²) in [5.41, 5.74) is 2.28. The van der Waals surface area contributed by atoms with E-state index in [-0.39, 0.29) is 17.8 Å². The predicted molar refractivity (Wildman–Crippen MR) is 92.3 cm³/mol. The summed E-state index contributed by atoms with van der Waals surface area (Å²) < 4.78 is 4.84. The fourth-order valence-electron chi connectivity index (χ4n) is 2.61. The minimum absolute atomic E-state index is 0.0120. The molecule has 1 amide bonds. The van der Waals surface area contributed by atoms with Crippen LogP contribution in [-0.4, -0.2) is 55.0 Å². The maximum Gasteiger partial charge on any atom is 0.310 e. The zero-order chi connectivity index (χ0) is 16.7. The fraction of sp³-hybridized carbons (Fsp3) is 0.529. The Morgan fingerprint density at radius 3 is 3.00 bits per heavy atom. The molecule has 5 nitrogen and oxygen atoms in total. The summed E-state index contributed by atoms with van der Waals surface area (Å²) in [5, 5.41) is 2.95. The van der Waals surface area contributed by atoms with Crippen LogP contribution in [0.1, 0.15) is 11.1 Å². The van der Waals surface area contributed by atoms with Crippen LogP contribution in [0.25, 0.3) is 0 Å². The molecule has 0 bridgehead atoms. The number of amides is 1. The molecule has 0 spiro atoms. The molecule has 23 heavy (non-hydrogen) atoms. The summed E-state index contributed by atoms with van der Waals surface area (Å²) in [6.45, 7) is 4.28. The molecule has 1 aromatic rings. The molecule has 1 atom stereocenters.